The number of unbranched alkanes of at least 4 members (excludes halogenated alkanes) is 1. The number of aryl methyl sites for hydroxylation is 1. The summed E-state index contributed by atoms with van der Waals surface area (Å²) in [7, 11) is 0. The van der Waals surface area contributed by atoms with E-state index >= 15 is 0 Å². The molecule has 1 amide bonds. The van der Waals surface area contributed by atoms with E-state index in [-0.39, 0.29) is 18.9 Å². The number of carboxylic acid groups (broad SMARTS) is 1. The van der Waals surface area contributed by atoms with Gasteiger partial charge in [-0.15, -0.1) is 0 Å². The summed E-state index contributed by atoms with van der Waals surface area (Å²) in [5, 5.41) is 10.3. The molecule has 2 aromatic rings. The van der Waals surface area contributed by atoms with Crippen molar-refractivity contribution in [1.29, 1.82) is 0 Å². The lowest BCUT2D eigenvalue weighted by molar-refractivity contribution is -0.137. The highest BCUT2D eigenvalue weighted by molar-refractivity contribution is 5.79. The number of carbonyl (C=O) groups excluding carboxylic acids is 1. The maximum Gasteiger partial charge on any atom is 0.303 e. The van der Waals surface area contributed by atoms with Gasteiger partial charge >= 0.3 is 5.97 Å². The van der Waals surface area contributed by atoms with Crippen LogP contribution in [0.3, 0.4) is 0 Å². The average molecular weight is 370 g/mol. The van der Waals surface area contributed by atoms with E-state index in [0.29, 0.717) is 18.7 Å². The van der Waals surface area contributed by atoms with Crippen LogP contribution in [0.15, 0.2) is 54.6 Å². The van der Waals surface area contributed by atoms with Gasteiger partial charge in [0.1, 0.15) is 5.75 Å². The lowest BCUT2D eigenvalue weighted by Gasteiger charge is -2.24. The first-order valence-electron chi connectivity index (χ1n) is 9.14. The minimum absolute atomic E-state index is 0.0714. The average Bonchev–Trinajstić information content (AvgIpc) is 2.69. The molecule has 0 spiro atoms. The van der Waals surface area contributed by atoms with Gasteiger partial charge in [-0.1, -0.05) is 43.7 Å². The van der Waals surface area contributed by atoms with E-state index < -0.39 is 5.97 Å². The molecule has 6 heteroatoms. The van der Waals surface area contributed by atoms with Crippen LogP contribution in [0.2, 0.25) is 0 Å². The Hall–Kier alpha value is -3.02. The normalized spacial score (nSPS) is 10.3. The number of ether oxygens (including phenoxy) is 1. The van der Waals surface area contributed by atoms with Crippen LogP contribution in [-0.2, 0) is 16.0 Å². The van der Waals surface area contributed by atoms with Crippen LogP contribution < -0.4 is 10.2 Å². The van der Waals surface area contributed by atoms with Crippen molar-refractivity contribution >= 4 is 17.6 Å². The van der Waals surface area contributed by atoms with Crippen molar-refractivity contribution in [2.75, 3.05) is 18.6 Å². The zero-order valence-electron chi connectivity index (χ0n) is 15.6. The summed E-state index contributed by atoms with van der Waals surface area (Å²) in [4.78, 5) is 23.2. The molecule has 0 aliphatic carbocycles. The van der Waals surface area contributed by atoms with Gasteiger partial charge in [0.05, 0.1) is 5.69 Å². The maximum atomic E-state index is 12.5. The fourth-order valence-electron chi connectivity index (χ4n) is 2.45. The van der Waals surface area contributed by atoms with Crippen LogP contribution in [-0.4, -0.2) is 35.1 Å². The Morgan fingerprint density at radius 2 is 1.78 bits per heavy atom. The first-order chi connectivity index (χ1) is 13.1. The Morgan fingerprint density at radius 1 is 1.07 bits per heavy atom. The summed E-state index contributed by atoms with van der Waals surface area (Å²) in [5.74, 6) is -0.390. The van der Waals surface area contributed by atoms with Crippen LogP contribution in [0, 0.1) is 0 Å². The molecule has 0 saturated heterocycles. The summed E-state index contributed by atoms with van der Waals surface area (Å²) >= 11 is 0. The standard InChI is InChI=1S/C21H26N2O4/c1-2-3-15-23(22-18-7-5-4-6-8-18)20(24)16-27-19-12-9-17(10-13-19)11-14-21(25)26/h4-10,12-13,22H,2-3,11,14-16H2,1H3,(H,25,26). The van der Waals surface area contributed by atoms with Crippen molar-refractivity contribution < 1.29 is 19.4 Å². The molecule has 144 valence electrons. The number of nitrogens with one attached hydrogen (secondary N) is 1. The molecule has 0 fully saturated rings. The van der Waals surface area contributed by atoms with Gasteiger partial charge in [0.25, 0.3) is 5.91 Å². The van der Waals surface area contributed by atoms with Crippen LogP contribution >= 0.6 is 0 Å². The second-order valence-corrected chi connectivity index (χ2v) is 6.20. The largest absolute Gasteiger partial charge is 0.484 e. The number of nitrogens with zero attached hydrogens (tertiary/aromatic N) is 1. The van der Waals surface area contributed by atoms with Gasteiger partial charge in [0, 0.05) is 13.0 Å². The quantitative estimate of drug-likeness (QED) is 0.589. The zero-order valence-corrected chi connectivity index (χ0v) is 15.6. The number of rotatable bonds is 11. The van der Waals surface area contributed by atoms with Crippen LogP contribution in [0.4, 0.5) is 5.69 Å². The van der Waals surface area contributed by atoms with Gasteiger partial charge in [-0.25, -0.2) is 0 Å². The third-order valence-electron chi connectivity index (χ3n) is 3.99. The fraction of sp³-hybridized carbons (Fsp3) is 0.333. The number of carboxylic acids is 1. The number of hydrazine groups is 1. The van der Waals surface area contributed by atoms with E-state index in [1.54, 1.807) is 17.1 Å². The minimum atomic E-state index is -0.820. The molecule has 0 bridgehead atoms. The van der Waals surface area contributed by atoms with E-state index in [9.17, 15) is 9.59 Å². The highest BCUT2D eigenvalue weighted by Gasteiger charge is 2.14. The van der Waals surface area contributed by atoms with E-state index in [1.807, 2.05) is 42.5 Å². The van der Waals surface area contributed by atoms with Gasteiger partial charge in [0.2, 0.25) is 0 Å². The Labute approximate surface area is 159 Å². The molecule has 2 rings (SSSR count). The molecule has 0 aromatic heterocycles. The van der Waals surface area contributed by atoms with Crippen LogP contribution in [0.25, 0.3) is 0 Å². The Morgan fingerprint density at radius 3 is 2.41 bits per heavy atom. The van der Waals surface area contributed by atoms with Crippen molar-refractivity contribution in [3.63, 3.8) is 0 Å². The third kappa shape index (κ3) is 7.40. The molecular formula is C21H26N2O4. The number of hydrogen-bond acceptors (Lipinski definition) is 4. The second kappa shape index (κ2) is 10.9. The van der Waals surface area contributed by atoms with E-state index in [0.717, 1.165) is 24.1 Å². The van der Waals surface area contributed by atoms with Gasteiger partial charge in [0.15, 0.2) is 6.61 Å². The topological polar surface area (TPSA) is 78.9 Å². The number of amides is 1. The summed E-state index contributed by atoms with van der Waals surface area (Å²) in [6.45, 7) is 2.60. The molecule has 0 atom stereocenters. The SMILES string of the molecule is CCCCN(Nc1ccccc1)C(=O)COc1ccc(CCC(=O)O)cc1. The predicted molar refractivity (Wildman–Crippen MR) is 105 cm³/mol. The number of benzene rings is 2. The highest BCUT2D eigenvalue weighted by Crippen LogP contribution is 2.14. The maximum absolute atomic E-state index is 12.5. The smallest absolute Gasteiger partial charge is 0.303 e. The van der Waals surface area contributed by atoms with Gasteiger partial charge < -0.3 is 9.84 Å². The lowest BCUT2D eigenvalue weighted by atomic mass is 10.1. The molecule has 0 radical (unpaired) electrons. The molecule has 0 heterocycles. The summed E-state index contributed by atoms with van der Waals surface area (Å²) in [6, 6.07) is 16.7. The van der Waals surface area contributed by atoms with E-state index in [1.165, 1.54) is 0 Å². The van der Waals surface area contributed by atoms with E-state index in [4.69, 9.17) is 9.84 Å². The monoisotopic (exact) mass is 370 g/mol. The molecule has 0 aliphatic rings. The molecular weight excluding hydrogens is 344 g/mol. The molecule has 0 unspecified atom stereocenters. The molecule has 2 N–H and O–H groups in total. The number of carbonyl (C=O) groups is 2. The summed E-state index contributed by atoms with van der Waals surface area (Å²) in [5.41, 5.74) is 4.91. The number of hydrogen-bond donors (Lipinski definition) is 2. The lowest BCUT2D eigenvalue weighted by Crippen LogP contribution is -2.40. The van der Waals surface area contributed by atoms with Crippen molar-refractivity contribution in [2.24, 2.45) is 0 Å². The molecule has 2 aromatic carbocycles. The van der Waals surface area contributed by atoms with Crippen molar-refractivity contribution in [1.82, 2.24) is 5.01 Å². The van der Waals surface area contributed by atoms with Crippen LogP contribution in [0.5, 0.6) is 5.75 Å². The zero-order chi connectivity index (χ0) is 19.5. The number of anilines is 1. The second-order valence-electron chi connectivity index (χ2n) is 6.20. The van der Waals surface area contributed by atoms with Crippen LogP contribution in [0.1, 0.15) is 31.7 Å². The van der Waals surface area contributed by atoms with Gasteiger partial charge in [-0.2, -0.15) is 0 Å². The van der Waals surface area contributed by atoms with Crippen molar-refractivity contribution in [2.45, 2.75) is 32.6 Å². The molecule has 0 aliphatic heterocycles. The third-order valence-corrected chi connectivity index (χ3v) is 3.99. The molecule has 27 heavy (non-hydrogen) atoms. The fourth-order valence-corrected chi connectivity index (χ4v) is 2.45. The molecule has 6 nitrogen and oxygen atoms in total. The number of para-hydroxylation sites is 1. The van der Waals surface area contributed by atoms with Crippen molar-refractivity contribution in [3.8, 4) is 5.75 Å². The Bertz CT molecular complexity index is 717. The van der Waals surface area contributed by atoms with Gasteiger partial charge in [-0.05, 0) is 42.7 Å². The Kier molecular flexibility index (Phi) is 8.16. The highest BCUT2D eigenvalue weighted by atomic mass is 16.5. The summed E-state index contributed by atoms with van der Waals surface area (Å²) in [6.07, 6.45) is 2.44. The number of aliphatic carboxylic acids is 1. The van der Waals surface area contributed by atoms with Gasteiger partial charge in [-0.3, -0.25) is 20.0 Å². The Balaban J connectivity index is 1.89. The van der Waals surface area contributed by atoms with Crippen molar-refractivity contribution in [3.05, 3.63) is 60.2 Å². The predicted octanol–water partition coefficient (Wildman–Crippen LogP) is 3.74. The molecule has 0 saturated carbocycles. The first-order valence-corrected chi connectivity index (χ1v) is 9.14. The first kappa shape index (κ1) is 20.3. The van der Waals surface area contributed by atoms with E-state index in [2.05, 4.69) is 12.3 Å². The minimum Gasteiger partial charge on any atom is -0.484 e. The summed E-state index contributed by atoms with van der Waals surface area (Å²) < 4.78 is 5.60.